The molecule has 0 aliphatic rings. The summed E-state index contributed by atoms with van der Waals surface area (Å²) in [6, 6.07) is 21.9. The van der Waals surface area contributed by atoms with Crippen LogP contribution in [0.3, 0.4) is 0 Å². The molecular formula is C28H33N5O. The van der Waals surface area contributed by atoms with Gasteiger partial charge in [-0.05, 0) is 47.2 Å². The molecule has 4 rings (SSSR count). The van der Waals surface area contributed by atoms with E-state index in [0.717, 1.165) is 39.2 Å². The minimum absolute atomic E-state index is 0.283. The van der Waals surface area contributed by atoms with E-state index in [0.29, 0.717) is 5.95 Å². The SMILES string of the molecule is CC(C)c1cccc(C(C)C)c1NC(=O)Nc1nc2ccccc2n1-c1ccccc1N(C)C. The number of anilines is 3. The van der Waals surface area contributed by atoms with Gasteiger partial charge >= 0.3 is 6.03 Å². The van der Waals surface area contributed by atoms with Crippen molar-refractivity contribution in [2.75, 3.05) is 29.6 Å². The highest BCUT2D eigenvalue weighted by molar-refractivity contribution is 6.01. The van der Waals surface area contributed by atoms with Gasteiger partial charge in [-0.1, -0.05) is 70.2 Å². The van der Waals surface area contributed by atoms with Crippen molar-refractivity contribution in [2.24, 2.45) is 0 Å². The first-order valence-corrected chi connectivity index (χ1v) is 11.7. The van der Waals surface area contributed by atoms with Gasteiger partial charge < -0.3 is 10.2 Å². The number of fused-ring (bicyclic) bond motifs is 1. The molecule has 176 valence electrons. The Morgan fingerprint density at radius 1 is 0.824 bits per heavy atom. The Bertz CT molecular complexity index is 1290. The Balaban J connectivity index is 1.77. The number of benzene rings is 3. The zero-order valence-corrected chi connectivity index (χ0v) is 20.8. The van der Waals surface area contributed by atoms with Crippen molar-refractivity contribution in [1.29, 1.82) is 0 Å². The van der Waals surface area contributed by atoms with Crippen LogP contribution in [-0.2, 0) is 0 Å². The topological polar surface area (TPSA) is 62.2 Å². The number of carbonyl (C=O) groups excluding carboxylic acids is 1. The molecule has 0 fully saturated rings. The van der Waals surface area contributed by atoms with Crippen molar-refractivity contribution >= 4 is 34.4 Å². The minimum Gasteiger partial charge on any atom is -0.376 e. The standard InChI is InChI=1S/C28H33N5O/c1-18(2)20-12-11-13-21(19(3)4)26(20)30-28(34)31-27-29-22-14-7-8-15-23(22)33(27)25-17-10-9-16-24(25)32(5)6/h7-19H,1-6H3,(H2,29,30,31,34). The highest BCUT2D eigenvalue weighted by Crippen LogP contribution is 2.33. The van der Waals surface area contributed by atoms with Gasteiger partial charge in [-0.3, -0.25) is 9.88 Å². The number of urea groups is 1. The molecule has 0 radical (unpaired) electrons. The van der Waals surface area contributed by atoms with E-state index in [1.807, 2.05) is 61.1 Å². The summed E-state index contributed by atoms with van der Waals surface area (Å²) in [7, 11) is 4.02. The average Bonchev–Trinajstić information content (AvgIpc) is 3.16. The van der Waals surface area contributed by atoms with Gasteiger partial charge in [-0.15, -0.1) is 0 Å². The monoisotopic (exact) mass is 455 g/mol. The maximum Gasteiger partial charge on any atom is 0.326 e. The maximum absolute atomic E-state index is 13.3. The molecule has 6 nitrogen and oxygen atoms in total. The largest absolute Gasteiger partial charge is 0.376 e. The van der Waals surface area contributed by atoms with Gasteiger partial charge in [0.1, 0.15) is 0 Å². The minimum atomic E-state index is -0.311. The van der Waals surface area contributed by atoms with Gasteiger partial charge in [-0.25, -0.2) is 9.78 Å². The first-order valence-electron chi connectivity index (χ1n) is 11.7. The summed E-state index contributed by atoms with van der Waals surface area (Å²) in [6.07, 6.45) is 0. The lowest BCUT2D eigenvalue weighted by Crippen LogP contribution is -2.24. The lowest BCUT2D eigenvalue weighted by atomic mass is 9.93. The molecule has 1 heterocycles. The Labute approximate surface area is 201 Å². The summed E-state index contributed by atoms with van der Waals surface area (Å²) >= 11 is 0. The zero-order valence-electron chi connectivity index (χ0n) is 20.8. The number of nitrogens with one attached hydrogen (secondary N) is 2. The van der Waals surface area contributed by atoms with Crippen LogP contribution in [0.4, 0.5) is 22.1 Å². The van der Waals surface area contributed by atoms with Crippen LogP contribution >= 0.6 is 0 Å². The molecule has 2 amide bonds. The van der Waals surface area contributed by atoms with Crippen molar-refractivity contribution in [3.63, 3.8) is 0 Å². The lowest BCUT2D eigenvalue weighted by molar-refractivity contribution is 0.262. The van der Waals surface area contributed by atoms with Crippen molar-refractivity contribution in [3.8, 4) is 5.69 Å². The number of carbonyl (C=O) groups is 1. The van der Waals surface area contributed by atoms with Gasteiger partial charge in [0.25, 0.3) is 0 Å². The number of imidazole rings is 1. The van der Waals surface area contributed by atoms with Crippen molar-refractivity contribution in [3.05, 3.63) is 77.9 Å². The molecule has 0 spiro atoms. The van der Waals surface area contributed by atoms with E-state index in [4.69, 9.17) is 4.98 Å². The molecule has 0 unspecified atom stereocenters. The van der Waals surface area contributed by atoms with E-state index in [1.165, 1.54) is 0 Å². The molecule has 0 aliphatic heterocycles. The van der Waals surface area contributed by atoms with Crippen molar-refractivity contribution in [1.82, 2.24) is 9.55 Å². The molecular weight excluding hydrogens is 422 g/mol. The molecule has 0 bridgehead atoms. The molecule has 6 heteroatoms. The van der Waals surface area contributed by atoms with E-state index in [-0.39, 0.29) is 17.9 Å². The van der Waals surface area contributed by atoms with Crippen LogP contribution < -0.4 is 15.5 Å². The third kappa shape index (κ3) is 4.49. The number of nitrogens with zero attached hydrogens (tertiary/aromatic N) is 3. The number of para-hydroxylation sites is 5. The van der Waals surface area contributed by atoms with Gasteiger partial charge in [0.05, 0.1) is 22.4 Å². The highest BCUT2D eigenvalue weighted by atomic mass is 16.2. The van der Waals surface area contributed by atoms with E-state index < -0.39 is 0 Å². The van der Waals surface area contributed by atoms with Gasteiger partial charge in [-0.2, -0.15) is 0 Å². The molecule has 0 saturated carbocycles. The quantitative estimate of drug-likeness (QED) is 0.330. The molecule has 2 N–H and O–H groups in total. The fourth-order valence-electron chi connectivity index (χ4n) is 4.33. The lowest BCUT2D eigenvalue weighted by Gasteiger charge is -2.21. The van der Waals surface area contributed by atoms with Gasteiger partial charge in [0, 0.05) is 19.8 Å². The van der Waals surface area contributed by atoms with Crippen LogP contribution in [0.1, 0.15) is 50.7 Å². The Kier molecular flexibility index (Phi) is 6.59. The smallest absolute Gasteiger partial charge is 0.326 e. The first kappa shape index (κ1) is 23.4. The molecule has 3 aromatic carbocycles. The molecule has 4 aromatic rings. The first-order chi connectivity index (χ1) is 16.3. The molecule has 0 atom stereocenters. The number of rotatable bonds is 6. The summed E-state index contributed by atoms with van der Waals surface area (Å²) in [5, 5.41) is 6.17. The Hall–Kier alpha value is -3.80. The fraction of sp³-hybridized carbons (Fsp3) is 0.286. The maximum atomic E-state index is 13.3. The number of hydrogen-bond acceptors (Lipinski definition) is 3. The number of amides is 2. The van der Waals surface area contributed by atoms with Crippen LogP contribution in [0, 0.1) is 0 Å². The summed E-state index contributed by atoms with van der Waals surface area (Å²) in [5.41, 5.74) is 6.83. The number of hydrogen-bond donors (Lipinski definition) is 2. The van der Waals surface area contributed by atoms with E-state index in [1.54, 1.807) is 0 Å². The van der Waals surface area contributed by atoms with Crippen molar-refractivity contribution in [2.45, 2.75) is 39.5 Å². The van der Waals surface area contributed by atoms with Crippen molar-refractivity contribution < 1.29 is 4.79 Å². The van der Waals surface area contributed by atoms with Crippen LogP contribution in [0.2, 0.25) is 0 Å². The molecule has 1 aromatic heterocycles. The second-order valence-electron chi connectivity index (χ2n) is 9.34. The van der Waals surface area contributed by atoms with E-state index in [9.17, 15) is 4.79 Å². The molecule has 0 aliphatic carbocycles. The predicted molar refractivity (Wildman–Crippen MR) is 143 cm³/mol. The fourth-order valence-corrected chi connectivity index (χ4v) is 4.33. The molecule has 34 heavy (non-hydrogen) atoms. The van der Waals surface area contributed by atoms with Crippen LogP contribution in [0.25, 0.3) is 16.7 Å². The Morgan fingerprint density at radius 2 is 1.44 bits per heavy atom. The third-order valence-corrected chi connectivity index (χ3v) is 6.00. The molecule has 0 saturated heterocycles. The Morgan fingerprint density at radius 3 is 2.09 bits per heavy atom. The third-order valence-electron chi connectivity index (χ3n) is 6.00. The second kappa shape index (κ2) is 9.59. The second-order valence-corrected chi connectivity index (χ2v) is 9.34. The summed E-state index contributed by atoms with van der Waals surface area (Å²) in [6.45, 7) is 8.56. The summed E-state index contributed by atoms with van der Waals surface area (Å²) < 4.78 is 2.00. The normalized spacial score (nSPS) is 11.3. The summed E-state index contributed by atoms with van der Waals surface area (Å²) in [5.74, 6) is 1.04. The van der Waals surface area contributed by atoms with E-state index in [2.05, 4.69) is 67.5 Å². The van der Waals surface area contributed by atoms with Crippen LogP contribution in [0.15, 0.2) is 66.7 Å². The van der Waals surface area contributed by atoms with Gasteiger partial charge in [0.15, 0.2) is 0 Å². The van der Waals surface area contributed by atoms with Gasteiger partial charge in [0.2, 0.25) is 5.95 Å². The van der Waals surface area contributed by atoms with E-state index >= 15 is 0 Å². The van der Waals surface area contributed by atoms with Crippen LogP contribution in [0.5, 0.6) is 0 Å². The van der Waals surface area contributed by atoms with Crippen LogP contribution in [-0.4, -0.2) is 29.7 Å². The highest BCUT2D eigenvalue weighted by Gasteiger charge is 2.20. The average molecular weight is 456 g/mol. The predicted octanol–water partition coefficient (Wildman–Crippen LogP) is 6.98. The summed E-state index contributed by atoms with van der Waals surface area (Å²) in [4.78, 5) is 20.1. The zero-order chi connectivity index (χ0) is 24.4. The number of aromatic nitrogens is 2.